The zero-order chi connectivity index (χ0) is 20.4. The Hall–Kier alpha value is -3.47. The van der Waals surface area contributed by atoms with Gasteiger partial charge in [0.25, 0.3) is 0 Å². The summed E-state index contributed by atoms with van der Waals surface area (Å²) in [4.78, 5) is 15.1. The molecule has 0 spiro atoms. The highest BCUT2D eigenvalue weighted by Crippen LogP contribution is 2.53. The van der Waals surface area contributed by atoms with Crippen LogP contribution in [0.15, 0.2) is 18.2 Å². The number of carbonyl (C=O) groups excluding carboxylic acids is 1. The van der Waals surface area contributed by atoms with Gasteiger partial charge in [-0.15, -0.1) is 0 Å². The number of hydrogen-bond donors (Lipinski definition) is 2. The monoisotopic (exact) mass is 384 g/mol. The van der Waals surface area contributed by atoms with Crippen molar-refractivity contribution >= 4 is 11.6 Å². The number of nitrogens with zero attached hydrogens (tertiary/aromatic N) is 2. The van der Waals surface area contributed by atoms with Crippen LogP contribution in [0.25, 0.3) is 16.1 Å². The van der Waals surface area contributed by atoms with E-state index in [0.29, 0.717) is 41.2 Å². The summed E-state index contributed by atoms with van der Waals surface area (Å²) in [7, 11) is 4.61. The van der Waals surface area contributed by atoms with Gasteiger partial charge in [-0.05, 0) is 42.2 Å². The number of nitrogens with one attached hydrogen (secondary N) is 1. The molecular formula is C20H22N3O5+. The standard InChI is InChI=1S/C20H21N3O5/c1-10(24)22-13-7-5-11-9-15(26-2)19(27-3)20(28-4)16(11)12-6-8-14(25)18(23-21)17(12)13/h6,8-9,13H,5,7H2,1-4H3,(H-,22,24,25)/p+1/t13-/m0/s1. The van der Waals surface area contributed by atoms with Gasteiger partial charge < -0.3 is 24.6 Å². The van der Waals surface area contributed by atoms with Crippen LogP contribution in [-0.2, 0) is 11.2 Å². The number of carbonyl (C=O) groups is 1. The third-order valence-corrected chi connectivity index (χ3v) is 4.91. The Morgan fingerprint density at radius 1 is 1.21 bits per heavy atom. The van der Waals surface area contributed by atoms with E-state index < -0.39 is 6.04 Å². The van der Waals surface area contributed by atoms with Gasteiger partial charge in [0.05, 0.1) is 32.9 Å². The van der Waals surface area contributed by atoms with Crippen LogP contribution in [0.1, 0.15) is 30.5 Å². The van der Waals surface area contributed by atoms with Crippen molar-refractivity contribution in [1.82, 2.24) is 5.32 Å². The quantitative estimate of drug-likeness (QED) is 0.779. The van der Waals surface area contributed by atoms with Crippen molar-refractivity contribution < 1.29 is 24.1 Å². The average Bonchev–Trinajstić information content (AvgIpc) is 2.83. The van der Waals surface area contributed by atoms with Crippen molar-refractivity contribution in [3.05, 3.63) is 34.3 Å². The maximum absolute atomic E-state index is 11.8. The van der Waals surface area contributed by atoms with Gasteiger partial charge in [0.15, 0.2) is 16.5 Å². The smallest absolute Gasteiger partial charge is 0.431 e. The number of phenols is 1. The Labute approximate surface area is 162 Å². The fourth-order valence-corrected chi connectivity index (χ4v) is 3.81. The molecule has 1 aliphatic carbocycles. The SMILES string of the molecule is COc1cc2c(c(OC)c1OC)-c1ccc(O)c([N+]#N)c1[C@@H](NC(C)=O)CC2. The van der Waals surface area contributed by atoms with E-state index in [2.05, 4.69) is 10.3 Å². The highest BCUT2D eigenvalue weighted by molar-refractivity contribution is 5.88. The highest BCUT2D eigenvalue weighted by atomic mass is 16.5. The van der Waals surface area contributed by atoms with E-state index in [1.54, 1.807) is 13.2 Å². The molecule has 2 N–H and O–H groups in total. The molecule has 2 aromatic carbocycles. The van der Waals surface area contributed by atoms with E-state index in [1.165, 1.54) is 27.2 Å². The summed E-state index contributed by atoms with van der Waals surface area (Å²) >= 11 is 0. The number of benzene rings is 2. The molecule has 28 heavy (non-hydrogen) atoms. The Balaban J connectivity index is 2.41. The van der Waals surface area contributed by atoms with Crippen LogP contribution in [0.5, 0.6) is 23.0 Å². The Morgan fingerprint density at radius 3 is 2.50 bits per heavy atom. The number of methoxy groups -OCH3 is 3. The lowest BCUT2D eigenvalue weighted by molar-refractivity contribution is -0.119. The summed E-state index contributed by atoms with van der Waals surface area (Å²) < 4.78 is 16.6. The van der Waals surface area contributed by atoms with Crippen molar-refractivity contribution in [3.8, 4) is 34.1 Å². The number of fused-ring (bicyclic) bond motifs is 3. The Bertz CT molecular complexity index is 981. The summed E-state index contributed by atoms with van der Waals surface area (Å²) in [6.45, 7) is 1.42. The van der Waals surface area contributed by atoms with E-state index in [0.717, 1.165) is 11.1 Å². The van der Waals surface area contributed by atoms with Crippen molar-refractivity contribution in [2.75, 3.05) is 21.3 Å². The van der Waals surface area contributed by atoms with Gasteiger partial charge in [0, 0.05) is 12.5 Å². The number of phenolic OH excluding ortho intramolecular Hbond substituents is 1. The van der Waals surface area contributed by atoms with Gasteiger partial charge in [-0.1, -0.05) is 0 Å². The maximum Gasteiger partial charge on any atom is 0.431 e. The number of ether oxygens (including phenoxy) is 3. The van der Waals surface area contributed by atoms with Crippen LogP contribution < -0.4 is 19.5 Å². The normalized spacial score (nSPS) is 14.8. The van der Waals surface area contributed by atoms with Gasteiger partial charge in [-0.3, -0.25) is 4.79 Å². The fraction of sp³-hybridized carbons (Fsp3) is 0.350. The minimum atomic E-state index is -0.459. The third kappa shape index (κ3) is 3.05. The number of aromatic hydroxyl groups is 1. The van der Waals surface area contributed by atoms with Crippen molar-refractivity contribution in [3.63, 3.8) is 0 Å². The molecule has 0 saturated carbocycles. The molecule has 0 heterocycles. The van der Waals surface area contributed by atoms with Crippen LogP contribution in [0.2, 0.25) is 0 Å². The molecule has 0 aromatic heterocycles. The summed E-state index contributed by atoms with van der Waals surface area (Å²) in [5.41, 5.74) is 2.88. The summed E-state index contributed by atoms with van der Waals surface area (Å²) in [6, 6.07) is 4.58. The molecule has 8 nitrogen and oxygen atoms in total. The lowest BCUT2D eigenvalue weighted by Crippen LogP contribution is -2.26. The molecule has 8 heteroatoms. The second kappa shape index (κ2) is 7.64. The molecule has 0 radical (unpaired) electrons. The summed E-state index contributed by atoms with van der Waals surface area (Å²) in [5.74, 6) is 1.03. The molecule has 0 unspecified atom stereocenters. The fourth-order valence-electron chi connectivity index (χ4n) is 3.81. The first-order chi connectivity index (χ1) is 13.5. The number of aryl methyl sites for hydroxylation is 1. The molecular weight excluding hydrogens is 362 g/mol. The predicted molar refractivity (Wildman–Crippen MR) is 103 cm³/mol. The van der Waals surface area contributed by atoms with Gasteiger partial charge in [-0.25, -0.2) is 0 Å². The minimum Gasteiger partial charge on any atom is -0.501 e. The zero-order valence-electron chi connectivity index (χ0n) is 16.2. The van der Waals surface area contributed by atoms with Crippen LogP contribution in [0, 0.1) is 5.39 Å². The number of rotatable bonds is 4. The number of hydrogen-bond acceptors (Lipinski definition) is 6. The lowest BCUT2D eigenvalue weighted by atomic mass is 9.92. The van der Waals surface area contributed by atoms with Crippen molar-refractivity contribution in [1.29, 1.82) is 5.39 Å². The third-order valence-electron chi connectivity index (χ3n) is 4.91. The molecule has 0 saturated heterocycles. The first-order valence-corrected chi connectivity index (χ1v) is 8.77. The molecule has 1 atom stereocenters. The molecule has 1 amide bonds. The van der Waals surface area contributed by atoms with E-state index in [4.69, 9.17) is 14.2 Å². The Morgan fingerprint density at radius 2 is 1.93 bits per heavy atom. The predicted octanol–water partition coefficient (Wildman–Crippen LogP) is 3.69. The number of amides is 1. The lowest BCUT2D eigenvalue weighted by Gasteiger charge is -2.19. The largest absolute Gasteiger partial charge is 0.501 e. The van der Waals surface area contributed by atoms with E-state index in [9.17, 15) is 15.3 Å². The first-order valence-electron chi connectivity index (χ1n) is 8.77. The van der Waals surface area contributed by atoms with Crippen molar-refractivity contribution in [2.45, 2.75) is 25.8 Å². The maximum atomic E-state index is 11.8. The van der Waals surface area contributed by atoms with Gasteiger partial charge in [0.1, 0.15) is 0 Å². The topological polar surface area (TPSA) is 105 Å². The molecule has 0 bridgehead atoms. The van der Waals surface area contributed by atoms with Gasteiger partial charge in [-0.2, -0.15) is 0 Å². The van der Waals surface area contributed by atoms with E-state index in [-0.39, 0.29) is 17.3 Å². The minimum absolute atomic E-state index is 0.0148. The van der Waals surface area contributed by atoms with E-state index >= 15 is 0 Å². The van der Waals surface area contributed by atoms with E-state index in [1.807, 2.05) is 6.07 Å². The molecule has 3 rings (SSSR count). The van der Waals surface area contributed by atoms with Crippen LogP contribution in [0.4, 0.5) is 5.69 Å². The molecule has 2 aromatic rings. The second-order valence-corrected chi connectivity index (χ2v) is 6.47. The zero-order valence-corrected chi connectivity index (χ0v) is 16.2. The Kier molecular flexibility index (Phi) is 5.27. The molecule has 1 aliphatic rings. The summed E-state index contributed by atoms with van der Waals surface area (Å²) in [5, 5.41) is 22.7. The average molecular weight is 384 g/mol. The van der Waals surface area contributed by atoms with Crippen molar-refractivity contribution in [2.24, 2.45) is 0 Å². The molecule has 146 valence electrons. The first kappa shape index (κ1) is 19.3. The molecule has 0 aliphatic heterocycles. The van der Waals surface area contributed by atoms with Gasteiger partial charge >= 0.3 is 5.69 Å². The molecule has 0 fully saturated rings. The van der Waals surface area contributed by atoms with Crippen LogP contribution in [-0.4, -0.2) is 32.3 Å². The summed E-state index contributed by atoms with van der Waals surface area (Å²) in [6.07, 6.45) is 1.13. The van der Waals surface area contributed by atoms with Gasteiger partial charge in [0.2, 0.25) is 22.8 Å². The van der Waals surface area contributed by atoms with Crippen LogP contribution in [0.3, 0.4) is 0 Å². The van der Waals surface area contributed by atoms with Crippen LogP contribution >= 0.6 is 0 Å². The second-order valence-electron chi connectivity index (χ2n) is 6.47. The highest BCUT2D eigenvalue weighted by Gasteiger charge is 2.36. The number of diazo groups is 1.